The number of nitrogens with one attached hydrogen (secondary N) is 4. The minimum atomic E-state index is -0.670. The number of carbonyl (C=O) groups is 6. The second kappa shape index (κ2) is 59.5. The van der Waals surface area contributed by atoms with Crippen LogP contribution in [-0.4, -0.2) is 158 Å². The maximum Gasteiger partial charge on any atom is 0.337 e. The fourth-order valence-electron chi connectivity index (χ4n) is 18.5. The summed E-state index contributed by atoms with van der Waals surface area (Å²) >= 11 is 6.40. The number of ether oxygens (including phenoxy) is 3. The van der Waals surface area contributed by atoms with Crippen LogP contribution in [0.3, 0.4) is 0 Å². The van der Waals surface area contributed by atoms with Crippen molar-refractivity contribution in [3.8, 4) is 11.5 Å². The summed E-state index contributed by atoms with van der Waals surface area (Å²) in [6.45, 7) is 18.0. The van der Waals surface area contributed by atoms with Gasteiger partial charge in [-0.05, 0) is 201 Å². The van der Waals surface area contributed by atoms with Gasteiger partial charge in [0.25, 0.3) is 0 Å². The quantitative estimate of drug-likeness (QED) is 0.0175. The molecule has 10 aromatic rings. The Bertz CT molecular complexity index is 5700. The van der Waals surface area contributed by atoms with Crippen LogP contribution in [0.25, 0.3) is 0 Å². The van der Waals surface area contributed by atoms with Gasteiger partial charge in [0.15, 0.2) is 0 Å². The van der Waals surface area contributed by atoms with Crippen LogP contribution in [0, 0.1) is 0 Å². The average Bonchev–Trinajstić information content (AvgIpc) is 0.915. The van der Waals surface area contributed by atoms with E-state index in [-0.39, 0.29) is 29.3 Å². The van der Waals surface area contributed by atoms with Crippen LogP contribution in [-0.2, 0) is 119 Å². The maximum atomic E-state index is 15.2. The number of aromatic amines is 2. The van der Waals surface area contributed by atoms with E-state index in [2.05, 4.69) is 131 Å². The molecular weight excluding hydrogens is 1800 g/mol. The third-order valence-electron chi connectivity index (χ3n) is 25.6. The zero-order chi connectivity index (χ0) is 99.7. The topological polar surface area (TPSA) is 330 Å². The smallest absolute Gasteiger partial charge is 0.337 e. The normalized spacial score (nSPS) is 13.2. The van der Waals surface area contributed by atoms with Crippen molar-refractivity contribution in [3.05, 3.63) is 297 Å². The molecule has 0 bridgehead atoms. The average molecular weight is 1950 g/mol. The van der Waals surface area contributed by atoms with E-state index in [1.54, 1.807) is 24.5 Å². The summed E-state index contributed by atoms with van der Waals surface area (Å²) < 4.78 is 18.1. The van der Waals surface area contributed by atoms with Crippen LogP contribution in [0.5, 0.6) is 11.5 Å². The molecule has 13 rings (SSSR count). The van der Waals surface area contributed by atoms with Gasteiger partial charge in [0.2, 0.25) is 17.7 Å². The van der Waals surface area contributed by atoms with E-state index in [9.17, 15) is 24.0 Å². The number of esters is 1. The second-order valence-corrected chi connectivity index (χ2v) is 38.2. The van der Waals surface area contributed by atoms with Crippen molar-refractivity contribution in [2.45, 2.75) is 291 Å². The number of benzene rings is 4. The molecule has 27 nitrogen and oxygen atoms in total. The van der Waals surface area contributed by atoms with E-state index in [1.807, 2.05) is 139 Å². The number of unbranched alkanes of at least 4 members (excludes halogenated alkanes) is 10. The lowest BCUT2D eigenvalue weighted by atomic mass is 9.68. The van der Waals surface area contributed by atoms with Gasteiger partial charge in [0.05, 0.1) is 67.2 Å². The van der Waals surface area contributed by atoms with Crippen molar-refractivity contribution in [1.82, 2.24) is 64.4 Å². The first kappa shape index (κ1) is 108. The van der Waals surface area contributed by atoms with E-state index in [1.165, 1.54) is 7.11 Å². The molecule has 28 heteroatoms. The summed E-state index contributed by atoms with van der Waals surface area (Å²) in [5, 5.41) is 6.65. The van der Waals surface area contributed by atoms with Gasteiger partial charge < -0.3 is 45.4 Å². The Morgan fingerprint density at radius 3 is 1.27 bits per heavy atom. The molecule has 0 spiro atoms. The summed E-state index contributed by atoms with van der Waals surface area (Å²) in [6, 6.07) is 51.6. The van der Waals surface area contributed by atoms with Crippen molar-refractivity contribution < 1.29 is 43.0 Å². The monoisotopic (exact) mass is 1950 g/mol. The molecule has 8 heterocycles. The number of pyridine rings is 4. The molecule has 1 saturated carbocycles. The lowest BCUT2D eigenvalue weighted by molar-refractivity contribution is -0.139. The number of rotatable bonds is 62. The van der Waals surface area contributed by atoms with Crippen molar-refractivity contribution in [2.75, 3.05) is 57.1 Å². The van der Waals surface area contributed by atoms with Gasteiger partial charge in [-0.1, -0.05) is 183 Å². The first-order valence-electron chi connectivity index (χ1n) is 51.5. The van der Waals surface area contributed by atoms with E-state index >= 15 is 4.79 Å². The van der Waals surface area contributed by atoms with E-state index < -0.39 is 11.4 Å². The Hall–Kier alpha value is -12.4. The molecule has 6 N–H and O–H groups in total. The van der Waals surface area contributed by atoms with Crippen molar-refractivity contribution in [1.29, 1.82) is 0 Å². The van der Waals surface area contributed by atoms with Gasteiger partial charge in [0.1, 0.15) is 46.4 Å². The van der Waals surface area contributed by atoms with Gasteiger partial charge >= 0.3 is 5.97 Å². The number of H-pyrrole nitrogens is 2. The predicted octanol–water partition coefficient (Wildman–Crippen LogP) is 21.6. The molecule has 0 radical (unpaired) electrons. The minimum absolute atomic E-state index is 0.00497. The number of amides is 3. The number of hydrogen-bond donors (Lipinski definition) is 5. The van der Waals surface area contributed by atoms with Gasteiger partial charge in [-0.2, -0.15) is 0 Å². The Labute approximate surface area is 844 Å². The predicted molar refractivity (Wildman–Crippen MR) is 563 cm³/mol. The number of nitrogens with two attached hydrogens (primary N) is 1. The van der Waals surface area contributed by atoms with Gasteiger partial charge in [0, 0.05) is 195 Å². The standard InChI is InChI=1S/C68H84ClN9O6.C46H63N9O3/c1-4-6-9-22-61(79)43-57-18-15-19-59(73-57)48-77(50-64-71-36-37-72-64)45-53-40-52(44-76(47-58-21-17-35-70-58)49-60-20-16-23-63(74-60)75-65(80)24-10-7-5-2)41-62(42-53)84-39-14-13-38-78(46-51-25-27-54(28-26-51)66(81)83-3)67(82)68(33-11-8-12-34-68)55-29-31-56(69)32-30-55;1-3-5-7-18-42(56)29-38-14-11-15-40(51-38)33-55(35-45-49-23-24-50-45)31-37-26-36(27-43(28-37)58-25-10-9-21-47)30-54(32-39-17-13-22-48-39)34-41-16-12-19-44(52-41)53-46(57)20-8-6-4-2/h15-20,23,25-32,35-37,40-42H,4-14,21-22,24,33-34,38-39,43-50H2,1-3H3,(H,71,72)(H,74,75,80);11-16,19,22-24,26-28H,3-10,17-18,20-21,25,29-35,47H2,1-2H3,(H,49,50)(H,52,53,57). The second-order valence-electron chi connectivity index (χ2n) is 37.8. The molecule has 1 aliphatic carbocycles. The molecule has 6 aromatic heterocycles. The summed E-state index contributed by atoms with van der Waals surface area (Å²) in [5.74, 6) is 4.45. The molecule has 4 aromatic carbocycles. The van der Waals surface area contributed by atoms with Crippen molar-refractivity contribution in [2.24, 2.45) is 15.7 Å². The number of aromatic nitrogens is 8. The molecule has 3 amide bonds. The molecule has 754 valence electrons. The summed E-state index contributed by atoms with van der Waals surface area (Å²) in [6.07, 6.45) is 39.1. The lowest BCUT2D eigenvalue weighted by Crippen LogP contribution is -2.48. The molecular formula is C114H147ClN18O9. The van der Waals surface area contributed by atoms with Crippen LogP contribution in [0.2, 0.25) is 5.02 Å². The number of halogens is 1. The first-order chi connectivity index (χ1) is 69.3. The largest absolute Gasteiger partial charge is 0.494 e. The zero-order valence-electron chi connectivity index (χ0n) is 84.1. The first-order valence-corrected chi connectivity index (χ1v) is 51.9. The number of methoxy groups -OCH3 is 1. The molecule has 0 saturated heterocycles. The van der Waals surface area contributed by atoms with Crippen molar-refractivity contribution in [3.63, 3.8) is 0 Å². The fourth-order valence-corrected chi connectivity index (χ4v) is 18.6. The van der Waals surface area contributed by atoms with Crippen LogP contribution >= 0.6 is 11.6 Å². The number of carbonyl (C=O) groups excluding carboxylic acids is 6. The van der Waals surface area contributed by atoms with Crippen LogP contribution in [0.15, 0.2) is 217 Å². The Balaban J connectivity index is 0.000000272. The lowest BCUT2D eigenvalue weighted by Gasteiger charge is -2.40. The number of nitrogens with zero attached hydrogens (tertiary/aromatic N) is 13. The number of ketones is 2. The highest BCUT2D eigenvalue weighted by Crippen LogP contribution is 2.42. The third-order valence-corrected chi connectivity index (χ3v) is 25.8. The summed E-state index contributed by atoms with van der Waals surface area (Å²) in [7, 11) is 1.37. The Kier molecular flexibility index (Phi) is 45.5. The SMILES string of the molecule is CCCCCC(=O)Cc1cccc(CN(Cc2cc(CN(CC3=NC=CC3)Cc3cccc(NC(=O)CCCCC)n3)cc(OCCCCN(Cc3ccc(C(=O)OC)cc3)C(=O)C3(c4ccc(Cl)cc4)CCCCC3)c2)Cc2ncc[nH]2)n1.CCCCCC(=O)Cc1cccc(CN(Cc2cc(CN(CC3=NC=CC3)Cc3cccc(NC(=O)CCCCC)n3)cc(OCCCCN)c2)Cc2ncc[nH]2)n1. The number of hydrogen-bond acceptors (Lipinski definition) is 22. The molecule has 2 aliphatic heterocycles. The Morgan fingerprint density at radius 1 is 0.430 bits per heavy atom. The summed E-state index contributed by atoms with van der Waals surface area (Å²) in [5.41, 5.74) is 19.0. The zero-order valence-corrected chi connectivity index (χ0v) is 84.9. The maximum absolute atomic E-state index is 15.2. The van der Waals surface area contributed by atoms with E-state index in [0.29, 0.717) is 185 Å². The minimum Gasteiger partial charge on any atom is -0.494 e. The highest BCUT2D eigenvalue weighted by Gasteiger charge is 2.44. The van der Waals surface area contributed by atoms with Gasteiger partial charge in [-0.25, -0.2) is 24.7 Å². The van der Waals surface area contributed by atoms with Crippen LogP contribution < -0.4 is 25.8 Å². The highest BCUT2D eigenvalue weighted by atomic mass is 35.5. The van der Waals surface area contributed by atoms with Gasteiger partial charge in [-0.3, -0.25) is 63.5 Å². The Morgan fingerprint density at radius 2 is 0.852 bits per heavy atom. The van der Waals surface area contributed by atoms with E-state index in [0.717, 1.165) is 237 Å². The number of anilines is 2. The fraction of sp³-hybridized carbons (Fsp3) is 0.456. The highest BCUT2D eigenvalue weighted by molar-refractivity contribution is 6.30. The van der Waals surface area contributed by atoms with E-state index in [4.69, 9.17) is 56.5 Å². The van der Waals surface area contributed by atoms with Crippen molar-refractivity contribution >= 4 is 69.9 Å². The number of imidazole rings is 2. The molecule has 0 unspecified atom stereocenters. The molecule has 0 atom stereocenters. The summed E-state index contributed by atoms with van der Waals surface area (Å²) in [4.78, 5) is 135. The number of aliphatic imine (C=N–C) groups is 2. The third kappa shape index (κ3) is 37.5. The molecule has 1 fully saturated rings. The van der Waals surface area contributed by atoms with Gasteiger partial charge in [-0.15, -0.1) is 0 Å². The molecule has 3 aliphatic rings. The molecule has 142 heavy (non-hydrogen) atoms. The van der Waals surface area contributed by atoms with Crippen LogP contribution in [0.4, 0.5) is 11.6 Å². The van der Waals surface area contributed by atoms with Crippen LogP contribution in [0.1, 0.15) is 291 Å². The number of allylic oxidation sites excluding steroid dienone is 2. The number of Topliss-reactive ketones (excluding diaryl/α,β-unsaturated/α-hetero) is 2.